The van der Waals surface area contributed by atoms with Crippen molar-refractivity contribution in [1.29, 1.82) is 0 Å². The zero-order valence-corrected chi connectivity index (χ0v) is 17.6. The molecule has 4 heterocycles. The summed E-state index contributed by atoms with van der Waals surface area (Å²) in [6, 6.07) is 3.95. The summed E-state index contributed by atoms with van der Waals surface area (Å²) in [4.78, 5) is 11.1. The maximum Gasteiger partial charge on any atom is 0.169 e. The second-order valence-electron chi connectivity index (χ2n) is 7.94. The summed E-state index contributed by atoms with van der Waals surface area (Å²) in [7, 11) is 0. The summed E-state index contributed by atoms with van der Waals surface area (Å²) in [5, 5.41) is 8.44. The van der Waals surface area contributed by atoms with Crippen molar-refractivity contribution in [3.8, 4) is 0 Å². The van der Waals surface area contributed by atoms with Crippen molar-refractivity contribution in [1.82, 2.24) is 24.7 Å². The Bertz CT molecular complexity index is 1190. The Morgan fingerprint density at radius 3 is 2.97 bits per heavy atom. The number of anilines is 1. The first-order chi connectivity index (χ1) is 15.6. The molecule has 0 radical (unpaired) electrons. The van der Waals surface area contributed by atoms with Gasteiger partial charge in [-0.25, -0.2) is 18.7 Å². The van der Waals surface area contributed by atoms with Crippen LogP contribution in [0.3, 0.4) is 0 Å². The van der Waals surface area contributed by atoms with Gasteiger partial charge in [-0.05, 0) is 43.5 Å². The number of hydrogen-bond acceptors (Lipinski definition) is 7. The van der Waals surface area contributed by atoms with E-state index in [9.17, 15) is 8.78 Å². The van der Waals surface area contributed by atoms with Crippen LogP contribution in [0.5, 0.6) is 0 Å². The Kier molecular flexibility index (Phi) is 5.30. The monoisotopic (exact) mass is 439 g/mol. The van der Waals surface area contributed by atoms with Crippen LogP contribution in [0.1, 0.15) is 47.5 Å². The van der Waals surface area contributed by atoms with Crippen molar-refractivity contribution in [3.63, 3.8) is 0 Å². The van der Waals surface area contributed by atoms with Gasteiger partial charge in [0.1, 0.15) is 24.1 Å². The third-order valence-corrected chi connectivity index (χ3v) is 5.96. The minimum Gasteiger partial charge on any atom is -0.404 e. The maximum absolute atomic E-state index is 14.9. The highest BCUT2D eigenvalue weighted by atomic mass is 19.1. The Balaban J connectivity index is 1.51. The van der Waals surface area contributed by atoms with Crippen molar-refractivity contribution < 1.29 is 13.5 Å². The van der Waals surface area contributed by atoms with Gasteiger partial charge in [0.05, 0.1) is 18.2 Å². The minimum absolute atomic E-state index is 0.295. The molecule has 2 aliphatic heterocycles. The Morgan fingerprint density at radius 1 is 1.25 bits per heavy atom. The molecule has 2 aromatic heterocycles. The average Bonchev–Trinajstić information content (AvgIpc) is 3.45. The Labute approximate surface area is 183 Å². The first-order valence-electron chi connectivity index (χ1n) is 10.5. The molecule has 1 aromatic carbocycles. The molecule has 2 aliphatic rings. The molecule has 1 atom stereocenters. The summed E-state index contributed by atoms with van der Waals surface area (Å²) in [5.41, 5.74) is 7.14. The lowest BCUT2D eigenvalue weighted by molar-refractivity contribution is 0.0813. The number of nitrogens with zero attached hydrogens (tertiary/aromatic N) is 6. The van der Waals surface area contributed by atoms with Crippen LogP contribution in [-0.2, 0) is 17.9 Å². The molecular weight excluding hydrogens is 416 g/mol. The fourth-order valence-corrected chi connectivity index (χ4v) is 4.44. The van der Waals surface area contributed by atoms with E-state index in [0.29, 0.717) is 66.9 Å². The smallest absolute Gasteiger partial charge is 0.169 e. The highest BCUT2D eigenvalue weighted by Crippen LogP contribution is 2.37. The van der Waals surface area contributed by atoms with E-state index >= 15 is 0 Å². The van der Waals surface area contributed by atoms with Gasteiger partial charge in [0.2, 0.25) is 0 Å². The summed E-state index contributed by atoms with van der Waals surface area (Å²) in [5.74, 6) is 1.50. The topological polar surface area (TPSA) is 95.0 Å². The van der Waals surface area contributed by atoms with E-state index in [4.69, 9.17) is 15.5 Å². The number of benzene rings is 1. The maximum atomic E-state index is 14.9. The summed E-state index contributed by atoms with van der Waals surface area (Å²) in [6.07, 6.45) is 4.61. The van der Waals surface area contributed by atoms with E-state index in [1.165, 1.54) is 18.3 Å². The molecular formula is C22H23F2N7O. The third kappa shape index (κ3) is 3.50. The molecule has 166 valence electrons. The van der Waals surface area contributed by atoms with Crippen LogP contribution < -0.4 is 10.6 Å². The van der Waals surface area contributed by atoms with Gasteiger partial charge < -0.3 is 19.9 Å². The van der Waals surface area contributed by atoms with Gasteiger partial charge in [0.25, 0.3) is 0 Å². The molecule has 32 heavy (non-hydrogen) atoms. The van der Waals surface area contributed by atoms with E-state index in [1.54, 1.807) is 19.2 Å². The van der Waals surface area contributed by atoms with Crippen LogP contribution >= 0.6 is 0 Å². The molecule has 0 aliphatic carbocycles. The number of nitrogens with two attached hydrogens (primary N) is 1. The molecule has 1 saturated heterocycles. The SMILES string of the molecule is Cc1cc(F)cc([C@H]2CCCN2c2ccnc(C(=CN)c3nnc4n3CCOC4)n2)c1F. The molecule has 1 fully saturated rings. The van der Waals surface area contributed by atoms with Crippen molar-refractivity contribution in [2.75, 3.05) is 18.1 Å². The second-order valence-corrected chi connectivity index (χ2v) is 7.94. The molecule has 0 unspecified atom stereocenters. The predicted octanol–water partition coefficient (Wildman–Crippen LogP) is 2.87. The van der Waals surface area contributed by atoms with E-state index in [1.807, 2.05) is 9.47 Å². The summed E-state index contributed by atoms with van der Waals surface area (Å²) in [6.45, 7) is 3.81. The summed E-state index contributed by atoms with van der Waals surface area (Å²) < 4.78 is 36.3. The van der Waals surface area contributed by atoms with Crippen molar-refractivity contribution in [3.05, 3.63) is 70.8 Å². The third-order valence-electron chi connectivity index (χ3n) is 5.96. The van der Waals surface area contributed by atoms with E-state index in [-0.39, 0.29) is 11.9 Å². The lowest BCUT2D eigenvalue weighted by Gasteiger charge is -2.27. The van der Waals surface area contributed by atoms with Crippen LogP contribution in [0.25, 0.3) is 5.57 Å². The number of rotatable bonds is 4. The molecule has 5 rings (SSSR count). The van der Waals surface area contributed by atoms with Gasteiger partial charge in [-0.2, -0.15) is 0 Å². The fraction of sp³-hybridized carbons (Fsp3) is 0.364. The van der Waals surface area contributed by atoms with E-state index in [0.717, 1.165) is 12.2 Å². The van der Waals surface area contributed by atoms with Crippen LogP contribution in [0.15, 0.2) is 30.6 Å². The largest absolute Gasteiger partial charge is 0.404 e. The molecule has 8 nitrogen and oxygen atoms in total. The number of fused-ring (bicyclic) bond motifs is 1. The summed E-state index contributed by atoms with van der Waals surface area (Å²) >= 11 is 0. The van der Waals surface area contributed by atoms with Gasteiger partial charge in [-0.3, -0.25) is 0 Å². The standard InChI is InChI=1S/C22H23F2N7O/c1-13-9-14(23)10-15(20(13)24)17-3-2-6-30(17)18-4-5-26-21(27-18)16(11-25)22-29-28-19-12-32-8-7-31(19)22/h4-5,9-11,17H,2-3,6-8,12,25H2,1H3/t17-/m1/s1. The Hall–Kier alpha value is -3.40. The normalized spacial score (nSPS) is 18.8. The van der Waals surface area contributed by atoms with Crippen LogP contribution in [0, 0.1) is 18.6 Å². The number of ether oxygens (including phenoxy) is 1. The molecule has 10 heteroatoms. The predicted molar refractivity (Wildman–Crippen MR) is 113 cm³/mol. The number of aryl methyl sites for hydroxylation is 1. The average molecular weight is 439 g/mol. The molecule has 0 spiro atoms. The van der Waals surface area contributed by atoms with Gasteiger partial charge >= 0.3 is 0 Å². The van der Waals surface area contributed by atoms with E-state index in [2.05, 4.69) is 15.2 Å². The van der Waals surface area contributed by atoms with Crippen LogP contribution in [0.2, 0.25) is 0 Å². The highest BCUT2D eigenvalue weighted by molar-refractivity contribution is 5.72. The van der Waals surface area contributed by atoms with Crippen LogP contribution in [0.4, 0.5) is 14.6 Å². The zero-order chi connectivity index (χ0) is 22.2. The fourth-order valence-electron chi connectivity index (χ4n) is 4.44. The van der Waals surface area contributed by atoms with Crippen LogP contribution in [-0.4, -0.2) is 37.9 Å². The highest BCUT2D eigenvalue weighted by Gasteiger charge is 2.31. The molecule has 0 bridgehead atoms. The lowest BCUT2D eigenvalue weighted by Crippen LogP contribution is -2.25. The van der Waals surface area contributed by atoms with Crippen molar-refractivity contribution >= 4 is 11.4 Å². The molecule has 2 N–H and O–H groups in total. The first-order valence-corrected chi connectivity index (χ1v) is 10.5. The quantitative estimate of drug-likeness (QED) is 0.668. The number of hydrogen-bond donors (Lipinski definition) is 1. The zero-order valence-electron chi connectivity index (χ0n) is 17.6. The molecule has 3 aromatic rings. The Morgan fingerprint density at radius 2 is 2.12 bits per heavy atom. The van der Waals surface area contributed by atoms with E-state index < -0.39 is 5.82 Å². The second kappa shape index (κ2) is 8.27. The van der Waals surface area contributed by atoms with Gasteiger partial charge in [-0.15, -0.1) is 10.2 Å². The van der Waals surface area contributed by atoms with Gasteiger partial charge in [0.15, 0.2) is 17.5 Å². The lowest BCUT2D eigenvalue weighted by atomic mass is 10.0. The first kappa shape index (κ1) is 20.5. The number of aromatic nitrogens is 5. The van der Waals surface area contributed by atoms with Crippen molar-refractivity contribution in [2.24, 2.45) is 5.73 Å². The molecule has 0 saturated carbocycles. The van der Waals surface area contributed by atoms with Crippen molar-refractivity contribution in [2.45, 2.75) is 39.0 Å². The molecule has 0 amide bonds. The van der Waals surface area contributed by atoms with Gasteiger partial charge in [0, 0.05) is 31.0 Å². The number of halogens is 2. The van der Waals surface area contributed by atoms with Gasteiger partial charge in [-0.1, -0.05) is 0 Å². The minimum atomic E-state index is -0.442.